The zero-order valence-corrected chi connectivity index (χ0v) is 12.9. The highest BCUT2D eigenvalue weighted by Crippen LogP contribution is 2.24. The third-order valence-corrected chi connectivity index (χ3v) is 3.30. The van der Waals surface area contributed by atoms with Crippen LogP contribution in [0.2, 0.25) is 0 Å². The van der Waals surface area contributed by atoms with Gasteiger partial charge in [0.2, 0.25) is 0 Å². The predicted molar refractivity (Wildman–Crippen MR) is 87.0 cm³/mol. The van der Waals surface area contributed by atoms with E-state index >= 15 is 0 Å². The van der Waals surface area contributed by atoms with Gasteiger partial charge in [-0.15, -0.1) is 6.42 Å². The summed E-state index contributed by atoms with van der Waals surface area (Å²) in [6, 6.07) is 15.2. The van der Waals surface area contributed by atoms with Gasteiger partial charge in [0.15, 0.2) is 0 Å². The lowest BCUT2D eigenvalue weighted by Gasteiger charge is -2.12. The monoisotopic (exact) mass is 340 g/mol. The van der Waals surface area contributed by atoms with Crippen molar-refractivity contribution < 1.29 is 4.74 Å². The number of hydrogen-bond donors (Lipinski definition) is 1. The number of benzene rings is 2. The molecule has 2 aromatic carbocycles. The summed E-state index contributed by atoms with van der Waals surface area (Å²) in [4.78, 5) is 0. The molecule has 1 N–H and O–H groups in total. The second kappa shape index (κ2) is 7.38. The van der Waals surface area contributed by atoms with Gasteiger partial charge < -0.3 is 10.1 Å². The molecule has 0 aliphatic carbocycles. The minimum absolute atomic E-state index is 0.235. The Morgan fingerprint density at radius 1 is 1.24 bits per heavy atom. The van der Waals surface area contributed by atoms with Gasteiger partial charge in [0.25, 0.3) is 0 Å². The topological polar surface area (TPSA) is 45.0 Å². The molecular formula is C17H13BrN2O. The van der Waals surface area contributed by atoms with Gasteiger partial charge in [0.05, 0.1) is 11.6 Å². The molecule has 21 heavy (non-hydrogen) atoms. The van der Waals surface area contributed by atoms with Gasteiger partial charge in [0, 0.05) is 22.3 Å². The average molecular weight is 341 g/mol. The van der Waals surface area contributed by atoms with Crippen molar-refractivity contribution in [2.45, 2.75) is 6.54 Å². The van der Waals surface area contributed by atoms with Gasteiger partial charge >= 0.3 is 0 Å². The number of hydrogen-bond acceptors (Lipinski definition) is 3. The molecule has 0 radical (unpaired) electrons. The molecule has 2 rings (SSSR count). The summed E-state index contributed by atoms with van der Waals surface area (Å²) in [5, 5.41) is 12.2. The van der Waals surface area contributed by atoms with Crippen LogP contribution in [0.25, 0.3) is 0 Å². The Kier molecular flexibility index (Phi) is 5.26. The van der Waals surface area contributed by atoms with Crippen LogP contribution >= 0.6 is 15.9 Å². The van der Waals surface area contributed by atoms with E-state index in [2.05, 4.69) is 33.2 Å². The Bertz CT molecular complexity index is 713. The summed E-state index contributed by atoms with van der Waals surface area (Å²) in [6.45, 7) is 0.812. The number of nitriles is 1. The molecule has 0 saturated heterocycles. The maximum Gasteiger partial charge on any atom is 0.148 e. The molecule has 0 heterocycles. The molecule has 0 aromatic heterocycles. The van der Waals surface area contributed by atoms with Crippen LogP contribution in [0.1, 0.15) is 11.1 Å². The van der Waals surface area contributed by atoms with Crippen LogP contribution in [0.4, 0.5) is 5.69 Å². The van der Waals surface area contributed by atoms with E-state index in [9.17, 15) is 0 Å². The first-order valence-electron chi connectivity index (χ1n) is 6.31. The Morgan fingerprint density at radius 3 is 2.86 bits per heavy atom. The molecule has 0 amide bonds. The SMILES string of the molecule is C#CCOc1ccc(Br)cc1CNc1cccc(C#N)c1. The van der Waals surface area contributed by atoms with Crippen LogP contribution in [0, 0.1) is 23.7 Å². The van der Waals surface area contributed by atoms with Crippen molar-refractivity contribution >= 4 is 21.6 Å². The maximum atomic E-state index is 8.90. The lowest BCUT2D eigenvalue weighted by Crippen LogP contribution is -2.04. The van der Waals surface area contributed by atoms with Crippen molar-refractivity contribution in [3.63, 3.8) is 0 Å². The zero-order valence-electron chi connectivity index (χ0n) is 11.3. The molecule has 4 heteroatoms. The first-order valence-corrected chi connectivity index (χ1v) is 7.11. The molecule has 0 saturated carbocycles. The Hall–Kier alpha value is -2.43. The number of halogens is 1. The first kappa shape index (κ1) is 15.0. The van der Waals surface area contributed by atoms with Gasteiger partial charge in [-0.2, -0.15) is 5.26 Å². The van der Waals surface area contributed by atoms with E-state index in [0.717, 1.165) is 21.5 Å². The van der Waals surface area contributed by atoms with E-state index in [-0.39, 0.29) is 6.61 Å². The summed E-state index contributed by atoms with van der Waals surface area (Å²) >= 11 is 3.45. The number of rotatable bonds is 5. The van der Waals surface area contributed by atoms with E-state index in [0.29, 0.717) is 12.1 Å². The molecule has 0 fully saturated rings. The molecule has 0 aliphatic rings. The highest BCUT2D eigenvalue weighted by Gasteiger charge is 2.05. The van der Waals surface area contributed by atoms with Gasteiger partial charge in [0.1, 0.15) is 12.4 Å². The minimum atomic E-state index is 0.235. The summed E-state index contributed by atoms with van der Waals surface area (Å²) < 4.78 is 6.50. The van der Waals surface area contributed by atoms with Crippen molar-refractivity contribution in [3.8, 4) is 24.2 Å². The standard InChI is InChI=1S/C17H13BrN2O/c1-2-8-21-17-7-6-15(18)10-14(17)12-20-16-5-3-4-13(9-16)11-19/h1,3-7,9-10,20H,8,12H2. The van der Waals surface area contributed by atoms with Crippen LogP contribution in [0.15, 0.2) is 46.9 Å². The van der Waals surface area contributed by atoms with Crippen LogP contribution in [-0.2, 0) is 6.54 Å². The van der Waals surface area contributed by atoms with Crippen LogP contribution in [0.3, 0.4) is 0 Å². The number of nitrogens with zero attached hydrogens (tertiary/aromatic N) is 1. The smallest absolute Gasteiger partial charge is 0.148 e. The third kappa shape index (κ3) is 4.27. The van der Waals surface area contributed by atoms with Crippen molar-refractivity contribution in [1.29, 1.82) is 5.26 Å². The quantitative estimate of drug-likeness (QED) is 0.838. The number of anilines is 1. The molecule has 0 atom stereocenters. The molecule has 0 aliphatic heterocycles. The molecule has 0 spiro atoms. The maximum absolute atomic E-state index is 8.90. The fraction of sp³-hybridized carbons (Fsp3) is 0.118. The van der Waals surface area contributed by atoms with E-state index in [1.54, 1.807) is 12.1 Å². The Balaban J connectivity index is 2.13. The summed E-state index contributed by atoms with van der Waals surface area (Å²) in [7, 11) is 0. The lowest BCUT2D eigenvalue weighted by atomic mass is 10.2. The molecule has 3 nitrogen and oxygen atoms in total. The first-order chi connectivity index (χ1) is 10.2. The fourth-order valence-electron chi connectivity index (χ4n) is 1.84. The summed E-state index contributed by atoms with van der Waals surface area (Å²) in [5.41, 5.74) is 2.50. The van der Waals surface area contributed by atoms with Crippen molar-refractivity contribution in [2.75, 3.05) is 11.9 Å². The van der Waals surface area contributed by atoms with E-state index in [1.165, 1.54) is 0 Å². The molecule has 104 valence electrons. The minimum Gasteiger partial charge on any atom is -0.481 e. The largest absolute Gasteiger partial charge is 0.481 e. The highest BCUT2D eigenvalue weighted by atomic mass is 79.9. The summed E-state index contributed by atoms with van der Waals surface area (Å²) in [6.07, 6.45) is 5.22. The van der Waals surface area contributed by atoms with Crippen molar-refractivity contribution in [2.24, 2.45) is 0 Å². The van der Waals surface area contributed by atoms with Crippen LogP contribution in [-0.4, -0.2) is 6.61 Å². The van der Waals surface area contributed by atoms with E-state index in [1.807, 2.05) is 30.3 Å². The predicted octanol–water partition coefficient (Wildman–Crippen LogP) is 3.94. The Labute approximate surface area is 132 Å². The highest BCUT2D eigenvalue weighted by molar-refractivity contribution is 9.10. The molecule has 0 bridgehead atoms. The van der Waals surface area contributed by atoms with Crippen molar-refractivity contribution in [3.05, 3.63) is 58.1 Å². The van der Waals surface area contributed by atoms with E-state index < -0.39 is 0 Å². The summed E-state index contributed by atoms with van der Waals surface area (Å²) in [5.74, 6) is 3.21. The zero-order chi connectivity index (χ0) is 15.1. The number of terminal acetylenes is 1. The van der Waals surface area contributed by atoms with Gasteiger partial charge in [-0.05, 0) is 36.4 Å². The van der Waals surface area contributed by atoms with Gasteiger partial charge in [-0.1, -0.05) is 27.9 Å². The Morgan fingerprint density at radius 2 is 2.10 bits per heavy atom. The molecule has 0 unspecified atom stereocenters. The van der Waals surface area contributed by atoms with Gasteiger partial charge in [-0.3, -0.25) is 0 Å². The van der Waals surface area contributed by atoms with Gasteiger partial charge in [-0.25, -0.2) is 0 Å². The third-order valence-electron chi connectivity index (χ3n) is 2.81. The second-order valence-corrected chi connectivity index (χ2v) is 5.21. The molecule has 2 aromatic rings. The van der Waals surface area contributed by atoms with Crippen LogP contribution < -0.4 is 10.1 Å². The van der Waals surface area contributed by atoms with E-state index in [4.69, 9.17) is 16.4 Å². The normalized spacial score (nSPS) is 9.48. The molecular weight excluding hydrogens is 328 g/mol. The number of nitrogens with one attached hydrogen (secondary N) is 1. The van der Waals surface area contributed by atoms with Crippen LogP contribution in [0.5, 0.6) is 5.75 Å². The second-order valence-electron chi connectivity index (χ2n) is 4.29. The van der Waals surface area contributed by atoms with Crippen molar-refractivity contribution in [1.82, 2.24) is 0 Å². The fourth-order valence-corrected chi connectivity index (χ4v) is 2.25. The number of ether oxygens (including phenoxy) is 1. The average Bonchev–Trinajstić information content (AvgIpc) is 2.52. The lowest BCUT2D eigenvalue weighted by molar-refractivity contribution is 0.366.